The molecule has 0 aliphatic heterocycles. The first kappa shape index (κ1) is 10.5. The van der Waals surface area contributed by atoms with E-state index in [1.165, 1.54) is 0 Å². The van der Waals surface area contributed by atoms with Crippen molar-refractivity contribution in [3.63, 3.8) is 0 Å². The molecule has 0 unspecified atom stereocenters. The van der Waals surface area contributed by atoms with Crippen LogP contribution >= 0.6 is 0 Å². The molecule has 18 heavy (non-hydrogen) atoms. The van der Waals surface area contributed by atoms with E-state index in [2.05, 4.69) is 15.1 Å². The van der Waals surface area contributed by atoms with E-state index in [4.69, 9.17) is 0 Å². The van der Waals surface area contributed by atoms with Gasteiger partial charge in [-0.2, -0.15) is 0 Å². The summed E-state index contributed by atoms with van der Waals surface area (Å²) in [5.74, 6) is 0.792. The summed E-state index contributed by atoms with van der Waals surface area (Å²) in [6.45, 7) is 0. The topological polar surface area (TPSA) is 46.4 Å². The Bertz CT molecular complexity index is 564. The van der Waals surface area contributed by atoms with Gasteiger partial charge in [-0.25, -0.2) is 4.57 Å². The van der Waals surface area contributed by atoms with Crippen LogP contribution in [0.2, 0.25) is 0 Å². The number of pyridine rings is 1. The molecular weight excluding hydrogens is 226 g/mol. The molecular formula is C13H11N5+2. The molecule has 0 bridgehead atoms. The molecule has 0 fully saturated rings. The van der Waals surface area contributed by atoms with E-state index in [1.807, 2.05) is 47.3 Å². The van der Waals surface area contributed by atoms with Crippen LogP contribution in [0.3, 0.4) is 0 Å². The van der Waals surface area contributed by atoms with Crippen molar-refractivity contribution in [2.24, 2.45) is 0 Å². The van der Waals surface area contributed by atoms with Gasteiger partial charge in [0.05, 0.1) is 6.20 Å². The van der Waals surface area contributed by atoms with Crippen LogP contribution in [0.4, 0.5) is 0 Å². The van der Waals surface area contributed by atoms with Crippen LogP contribution in [0, 0.1) is 0 Å². The van der Waals surface area contributed by atoms with Crippen LogP contribution in [-0.4, -0.2) is 15.1 Å². The van der Waals surface area contributed by atoms with Gasteiger partial charge in [0.15, 0.2) is 5.69 Å². The fourth-order valence-electron chi connectivity index (χ4n) is 1.61. The summed E-state index contributed by atoms with van der Waals surface area (Å²) >= 11 is 0. The van der Waals surface area contributed by atoms with Gasteiger partial charge in [-0.15, -0.1) is 4.68 Å². The minimum Gasteiger partial charge on any atom is -0.201 e. The van der Waals surface area contributed by atoms with Crippen molar-refractivity contribution in [1.82, 2.24) is 15.1 Å². The van der Waals surface area contributed by atoms with Gasteiger partial charge in [0, 0.05) is 18.2 Å². The molecule has 5 nitrogen and oxygen atoms in total. The van der Waals surface area contributed by atoms with Crippen LogP contribution < -0.4 is 9.25 Å². The van der Waals surface area contributed by atoms with E-state index >= 15 is 0 Å². The minimum absolute atomic E-state index is 0.792. The second-order valence-electron chi connectivity index (χ2n) is 3.68. The SMILES string of the molecule is c1ccc(-[n+]2ccc(-[n+]3cccnc3)cn2)nc1. The molecule has 5 heteroatoms. The van der Waals surface area contributed by atoms with Crippen LogP contribution in [-0.2, 0) is 0 Å². The van der Waals surface area contributed by atoms with Gasteiger partial charge >= 0.3 is 5.82 Å². The maximum absolute atomic E-state index is 4.33. The predicted molar refractivity (Wildman–Crippen MR) is 62.9 cm³/mol. The quantitative estimate of drug-likeness (QED) is 0.607. The predicted octanol–water partition coefficient (Wildman–Crippen LogP) is 0.425. The molecule has 0 aliphatic carbocycles. The van der Waals surface area contributed by atoms with E-state index in [-0.39, 0.29) is 0 Å². The smallest absolute Gasteiger partial charge is 0.201 e. The maximum atomic E-state index is 4.33. The fraction of sp³-hybridized carbons (Fsp3) is 0. The highest BCUT2D eigenvalue weighted by Gasteiger charge is 2.09. The number of hydrogen-bond donors (Lipinski definition) is 0. The number of nitrogens with zero attached hydrogens (tertiary/aromatic N) is 5. The highest BCUT2D eigenvalue weighted by molar-refractivity contribution is 5.14. The van der Waals surface area contributed by atoms with Crippen molar-refractivity contribution in [2.45, 2.75) is 0 Å². The van der Waals surface area contributed by atoms with E-state index in [0.29, 0.717) is 0 Å². The first-order valence-corrected chi connectivity index (χ1v) is 5.54. The molecule has 0 N–H and O–H groups in total. The van der Waals surface area contributed by atoms with Gasteiger partial charge in [0.2, 0.25) is 0 Å². The molecule has 0 radical (unpaired) electrons. The molecule has 0 aliphatic rings. The van der Waals surface area contributed by atoms with Crippen molar-refractivity contribution in [3.05, 3.63) is 67.6 Å². The molecule has 3 aromatic heterocycles. The molecule has 0 amide bonds. The lowest BCUT2D eigenvalue weighted by molar-refractivity contribution is -0.667. The Morgan fingerprint density at radius 2 is 1.94 bits per heavy atom. The molecule has 0 saturated heterocycles. The van der Waals surface area contributed by atoms with Crippen molar-refractivity contribution >= 4 is 0 Å². The van der Waals surface area contributed by atoms with Crippen LogP contribution in [0.5, 0.6) is 0 Å². The summed E-state index contributed by atoms with van der Waals surface area (Å²) in [6.07, 6.45) is 10.8. The van der Waals surface area contributed by atoms with Crippen molar-refractivity contribution in [2.75, 3.05) is 0 Å². The average molecular weight is 237 g/mol. The highest BCUT2D eigenvalue weighted by Crippen LogP contribution is 1.94. The van der Waals surface area contributed by atoms with E-state index < -0.39 is 0 Å². The van der Waals surface area contributed by atoms with Gasteiger partial charge in [-0.3, -0.25) is 0 Å². The highest BCUT2D eigenvalue weighted by atomic mass is 15.3. The molecule has 0 atom stereocenters. The normalized spacial score (nSPS) is 10.2. The van der Waals surface area contributed by atoms with Crippen LogP contribution in [0.1, 0.15) is 0 Å². The molecule has 0 spiro atoms. The average Bonchev–Trinajstić information content (AvgIpc) is 2.49. The Hall–Kier alpha value is -2.69. The number of aromatic nitrogens is 5. The molecule has 0 aromatic carbocycles. The summed E-state index contributed by atoms with van der Waals surface area (Å²) < 4.78 is 3.62. The summed E-state index contributed by atoms with van der Waals surface area (Å²) in [5.41, 5.74) is 0.954. The third-order valence-corrected chi connectivity index (χ3v) is 2.49. The molecule has 3 aromatic rings. The summed E-state index contributed by atoms with van der Waals surface area (Å²) in [5, 5.41) is 4.33. The Balaban J connectivity index is 1.95. The van der Waals surface area contributed by atoms with E-state index in [9.17, 15) is 0 Å². The summed E-state index contributed by atoms with van der Waals surface area (Å²) in [7, 11) is 0. The van der Waals surface area contributed by atoms with Gasteiger partial charge in [-0.05, 0) is 11.1 Å². The van der Waals surface area contributed by atoms with Crippen molar-refractivity contribution in [3.8, 4) is 11.5 Å². The first-order chi connectivity index (χ1) is 8.93. The standard InChI is InChI=1S/C13H11N5/c1-2-7-15-13(4-1)18-9-5-12(10-16-18)17-8-3-6-14-11-17/h1-11H/q+2. The van der Waals surface area contributed by atoms with Gasteiger partial charge < -0.3 is 0 Å². The fourth-order valence-corrected chi connectivity index (χ4v) is 1.61. The second-order valence-corrected chi connectivity index (χ2v) is 3.68. The van der Waals surface area contributed by atoms with E-state index in [1.54, 1.807) is 29.6 Å². The van der Waals surface area contributed by atoms with E-state index in [0.717, 1.165) is 11.5 Å². The zero-order chi connectivity index (χ0) is 12.2. The Kier molecular flexibility index (Phi) is 2.71. The first-order valence-electron chi connectivity index (χ1n) is 5.54. The monoisotopic (exact) mass is 237 g/mol. The van der Waals surface area contributed by atoms with Crippen LogP contribution in [0.15, 0.2) is 67.6 Å². The lowest BCUT2D eigenvalue weighted by atomic mass is 10.4. The van der Waals surface area contributed by atoms with Gasteiger partial charge in [0.25, 0.3) is 6.33 Å². The third-order valence-electron chi connectivity index (χ3n) is 2.49. The minimum atomic E-state index is 0.792. The number of hydrogen-bond acceptors (Lipinski definition) is 3. The second kappa shape index (κ2) is 4.67. The van der Waals surface area contributed by atoms with Crippen molar-refractivity contribution < 1.29 is 9.25 Å². The Labute approximate surface area is 104 Å². The zero-order valence-electron chi connectivity index (χ0n) is 9.59. The lowest BCUT2D eigenvalue weighted by Crippen LogP contribution is -2.38. The maximum Gasteiger partial charge on any atom is 0.347 e. The lowest BCUT2D eigenvalue weighted by Gasteiger charge is -1.97. The molecule has 3 heterocycles. The summed E-state index contributed by atoms with van der Waals surface area (Å²) in [4.78, 5) is 8.29. The Morgan fingerprint density at radius 1 is 0.944 bits per heavy atom. The number of rotatable bonds is 2. The molecule has 0 saturated carbocycles. The molecule has 3 rings (SSSR count). The van der Waals surface area contributed by atoms with Crippen molar-refractivity contribution in [1.29, 1.82) is 0 Å². The Morgan fingerprint density at radius 3 is 2.61 bits per heavy atom. The summed E-state index contributed by atoms with van der Waals surface area (Å²) in [6, 6.07) is 9.55. The van der Waals surface area contributed by atoms with Gasteiger partial charge in [-0.1, -0.05) is 16.1 Å². The zero-order valence-corrected chi connectivity index (χ0v) is 9.59. The van der Waals surface area contributed by atoms with Crippen LogP contribution in [0.25, 0.3) is 11.5 Å². The van der Waals surface area contributed by atoms with Gasteiger partial charge in [0.1, 0.15) is 24.8 Å². The third kappa shape index (κ3) is 2.06. The molecule has 86 valence electrons. The largest absolute Gasteiger partial charge is 0.347 e.